The standard InChI is InChI=1S/C10H18ClNO4/c1-7(13)15-8(5-11)6-12-9(14)16-10(2,3)4/h8H,5-6H2,1-4H3,(H,12,14)/t8-/m1/s1. The Morgan fingerprint density at radius 1 is 1.38 bits per heavy atom. The number of carbonyl (C=O) groups is 2. The molecule has 1 amide bonds. The number of hydrogen-bond acceptors (Lipinski definition) is 4. The van der Waals surface area contributed by atoms with Crippen LogP contribution in [0.4, 0.5) is 4.79 Å². The molecule has 0 aliphatic rings. The van der Waals surface area contributed by atoms with Crippen LogP contribution in [-0.4, -0.2) is 36.2 Å². The highest BCUT2D eigenvalue weighted by Crippen LogP contribution is 2.06. The zero-order valence-corrected chi connectivity index (χ0v) is 10.8. The van der Waals surface area contributed by atoms with Gasteiger partial charge >= 0.3 is 12.1 Å². The molecule has 94 valence electrons. The molecule has 0 bridgehead atoms. The Bertz CT molecular complexity index is 250. The molecule has 6 heteroatoms. The minimum atomic E-state index is -0.560. The average molecular weight is 252 g/mol. The number of rotatable bonds is 4. The second kappa shape index (κ2) is 6.58. The number of alkyl carbamates (subject to hydrolysis) is 1. The van der Waals surface area contributed by atoms with Crippen LogP contribution in [0.5, 0.6) is 0 Å². The van der Waals surface area contributed by atoms with Crippen LogP contribution in [0.3, 0.4) is 0 Å². The van der Waals surface area contributed by atoms with E-state index in [4.69, 9.17) is 21.1 Å². The van der Waals surface area contributed by atoms with E-state index in [1.807, 2.05) is 0 Å². The van der Waals surface area contributed by atoms with Crippen molar-refractivity contribution in [2.75, 3.05) is 12.4 Å². The van der Waals surface area contributed by atoms with Crippen LogP contribution < -0.4 is 5.32 Å². The normalized spacial score (nSPS) is 12.8. The third kappa shape index (κ3) is 8.35. The molecule has 1 atom stereocenters. The van der Waals surface area contributed by atoms with E-state index in [2.05, 4.69) is 5.32 Å². The minimum absolute atomic E-state index is 0.120. The van der Waals surface area contributed by atoms with Gasteiger partial charge in [-0.15, -0.1) is 11.6 Å². The number of halogens is 1. The van der Waals surface area contributed by atoms with Gasteiger partial charge in [0.05, 0.1) is 12.4 Å². The first-order chi connectivity index (χ1) is 7.24. The maximum absolute atomic E-state index is 11.2. The molecule has 0 fully saturated rings. The van der Waals surface area contributed by atoms with E-state index >= 15 is 0 Å². The second-order valence-corrected chi connectivity index (χ2v) is 4.58. The van der Waals surface area contributed by atoms with Gasteiger partial charge in [-0.05, 0) is 20.8 Å². The molecule has 0 aromatic carbocycles. The first kappa shape index (κ1) is 15.0. The summed E-state index contributed by atoms with van der Waals surface area (Å²) in [5.41, 5.74) is -0.554. The first-order valence-electron chi connectivity index (χ1n) is 4.94. The van der Waals surface area contributed by atoms with Crippen LogP contribution in [0.25, 0.3) is 0 Å². The molecule has 16 heavy (non-hydrogen) atoms. The van der Waals surface area contributed by atoms with Crippen molar-refractivity contribution < 1.29 is 19.1 Å². The molecule has 0 saturated heterocycles. The van der Waals surface area contributed by atoms with E-state index in [0.29, 0.717) is 0 Å². The van der Waals surface area contributed by atoms with Gasteiger partial charge < -0.3 is 14.8 Å². The van der Waals surface area contributed by atoms with Crippen molar-refractivity contribution in [1.29, 1.82) is 0 Å². The number of alkyl halides is 1. The molecule has 5 nitrogen and oxygen atoms in total. The summed E-state index contributed by atoms with van der Waals surface area (Å²) in [7, 11) is 0. The van der Waals surface area contributed by atoms with Crippen LogP contribution in [0.1, 0.15) is 27.7 Å². The first-order valence-corrected chi connectivity index (χ1v) is 5.48. The molecule has 0 aromatic rings. The number of nitrogens with one attached hydrogen (secondary N) is 1. The molecule has 0 spiro atoms. The molecule has 0 saturated carbocycles. The van der Waals surface area contributed by atoms with Crippen LogP contribution in [0.15, 0.2) is 0 Å². The van der Waals surface area contributed by atoms with E-state index < -0.39 is 23.8 Å². The molecule has 0 aliphatic heterocycles. The van der Waals surface area contributed by atoms with Gasteiger partial charge in [-0.2, -0.15) is 0 Å². The molecule has 0 rings (SSSR count). The maximum atomic E-state index is 11.2. The van der Waals surface area contributed by atoms with E-state index in [1.165, 1.54) is 6.92 Å². The highest BCUT2D eigenvalue weighted by Gasteiger charge is 2.18. The van der Waals surface area contributed by atoms with Crippen molar-refractivity contribution in [3.63, 3.8) is 0 Å². The summed E-state index contributed by atoms with van der Waals surface area (Å²) in [4.78, 5) is 21.9. The zero-order valence-electron chi connectivity index (χ0n) is 10.0. The van der Waals surface area contributed by atoms with Gasteiger partial charge in [0.2, 0.25) is 0 Å². The van der Waals surface area contributed by atoms with Crippen molar-refractivity contribution in [2.45, 2.75) is 39.4 Å². The lowest BCUT2D eigenvalue weighted by atomic mass is 10.2. The third-order valence-electron chi connectivity index (χ3n) is 1.38. The minimum Gasteiger partial charge on any atom is -0.459 e. The Morgan fingerprint density at radius 3 is 2.31 bits per heavy atom. The van der Waals surface area contributed by atoms with E-state index in [9.17, 15) is 9.59 Å². The van der Waals surface area contributed by atoms with Crippen LogP contribution in [0, 0.1) is 0 Å². The Kier molecular flexibility index (Phi) is 6.18. The predicted octanol–water partition coefficient (Wildman–Crippen LogP) is 1.68. The molecule has 0 aromatic heterocycles. The Hall–Kier alpha value is -0.970. The molecule has 1 N–H and O–H groups in total. The second-order valence-electron chi connectivity index (χ2n) is 4.27. The predicted molar refractivity (Wildman–Crippen MR) is 60.5 cm³/mol. The molecule has 0 radical (unpaired) electrons. The van der Waals surface area contributed by atoms with E-state index in [1.54, 1.807) is 20.8 Å². The smallest absolute Gasteiger partial charge is 0.407 e. The van der Waals surface area contributed by atoms with Gasteiger partial charge in [-0.25, -0.2) is 4.79 Å². The molecular formula is C10H18ClNO4. The highest BCUT2D eigenvalue weighted by molar-refractivity contribution is 6.18. The van der Waals surface area contributed by atoms with Crippen molar-refractivity contribution in [1.82, 2.24) is 5.32 Å². The van der Waals surface area contributed by atoms with Crippen molar-refractivity contribution in [3.05, 3.63) is 0 Å². The van der Waals surface area contributed by atoms with Gasteiger partial charge in [-0.1, -0.05) is 0 Å². The van der Waals surface area contributed by atoms with Crippen LogP contribution in [0.2, 0.25) is 0 Å². The number of carbonyl (C=O) groups excluding carboxylic acids is 2. The number of esters is 1. The highest BCUT2D eigenvalue weighted by atomic mass is 35.5. The molecule has 0 heterocycles. The fourth-order valence-corrected chi connectivity index (χ4v) is 1.05. The van der Waals surface area contributed by atoms with Gasteiger partial charge in [-0.3, -0.25) is 4.79 Å². The zero-order chi connectivity index (χ0) is 12.8. The summed E-state index contributed by atoms with van der Waals surface area (Å²) >= 11 is 5.56. The molecular weight excluding hydrogens is 234 g/mol. The summed E-state index contributed by atoms with van der Waals surface area (Å²) in [6, 6.07) is 0. The summed E-state index contributed by atoms with van der Waals surface area (Å²) in [5.74, 6) is -0.313. The largest absolute Gasteiger partial charge is 0.459 e. The average Bonchev–Trinajstić information content (AvgIpc) is 2.08. The van der Waals surface area contributed by atoms with Crippen LogP contribution >= 0.6 is 11.6 Å². The number of amides is 1. The van der Waals surface area contributed by atoms with E-state index in [0.717, 1.165) is 0 Å². The maximum Gasteiger partial charge on any atom is 0.407 e. The SMILES string of the molecule is CC(=O)O[C@H](CCl)CNC(=O)OC(C)(C)C. The fourth-order valence-electron chi connectivity index (χ4n) is 0.874. The lowest BCUT2D eigenvalue weighted by molar-refractivity contribution is -0.145. The lowest BCUT2D eigenvalue weighted by Gasteiger charge is -2.21. The topological polar surface area (TPSA) is 64.6 Å². The summed E-state index contributed by atoms with van der Waals surface area (Å²) < 4.78 is 9.84. The molecule has 0 aliphatic carbocycles. The Balaban J connectivity index is 3.93. The van der Waals surface area contributed by atoms with Crippen molar-refractivity contribution in [3.8, 4) is 0 Å². The summed E-state index contributed by atoms with van der Waals surface area (Å²) in [5, 5.41) is 2.47. The van der Waals surface area contributed by atoms with Gasteiger partial charge in [0.25, 0.3) is 0 Å². The quantitative estimate of drug-likeness (QED) is 0.610. The molecule has 0 unspecified atom stereocenters. The van der Waals surface area contributed by atoms with E-state index in [-0.39, 0.29) is 12.4 Å². The van der Waals surface area contributed by atoms with Crippen LogP contribution in [-0.2, 0) is 14.3 Å². The number of hydrogen-bond donors (Lipinski definition) is 1. The van der Waals surface area contributed by atoms with Gasteiger partial charge in [0.1, 0.15) is 11.7 Å². The van der Waals surface area contributed by atoms with Crippen molar-refractivity contribution in [2.24, 2.45) is 0 Å². The monoisotopic (exact) mass is 251 g/mol. The Labute approximate surface area is 100 Å². The van der Waals surface area contributed by atoms with Gasteiger partial charge in [0.15, 0.2) is 0 Å². The third-order valence-corrected chi connectivity index (χ3v) is 1.72. The summed E-state index contributed by atoms with van der Waals surface area (Å²) in [6.45, 7) is 6.71. The Morgan fingerprint density at radius 2 is 1.94 bits per heavy atom. The lowest BCUT2D eigenvalue weighted by Crippen LogP contribution is -2.38. The summed E-state index contributed by atoms with van der Waals surface area (Å²) in [6.07, 6.45) is -1.10. The number of ether oxygens (including phenoxy) is 2. The fraction of sp³-hybridized carbons (Fsp3) is 0.800. The van der Waals surface area contributed by atoms with Gasteiger partial charge in [0, 0.05) is 6.92 Å². The van der Waals surface area contributed by atoms with Crippen molar-refractivity contribution >= 4 is 23.7 Å².